The minimum Gasteiger partial charge on any atom is -0.494 e. The van der Waals surface area contributed by atoms with Crippen LogP contribution in [0.4, 0.5) is 0 Å². The predicted octanol–water partition coefficient (Wildman–Crippen LogP) is 7.99. The highest BCUT2D eigenvalue weighted by Gasteiger charge is 2.16. The van der Waals surface area contributed by atoms with Crippen molar-refractivity contribution in [2.45, 2.75) is 13.8 Å². The van der Waals surface area contributed by atoms with Crippen molar-refractivity contribution in [2.75, 3.05) is 13.2 Å². The Bertz CT molecular complexity index is 1410. The van der Waals surface area contributed by atoms with Crippen LogP contribution in [0.3, 0.4) is 0 Å². The Hall–Kier alpha value is -4.70. The van der Waals surface area contributed by atoms with Gasteiger partial charge < -0.3 is 9.47 Å². The molecule has 4 heteroatoms. The Kier molecular flexibility index (Phi) is 7.90. The third-order valence-corrected chi connectivity index (χ3v) is 6.23. The van der Waals surface area contributed by atoms with Crippen LogP contribution in [-0.4, -0.2) is 23.2 Å². The van der Waals surface area contributed by atoms with Gasteiger partial charge in [-0.1, -0.05) is 72.8 Å². The highest BCUT2D eigenvalue weighted by molar-refractivity contribution is 5.83. The van der Waals surface area contributed by atoms with Crippen LogP contribution in [0.1, 0.15) is 23.6 Å². The molecule has 0 unspecified atom stereocenters. The van der Waals surface area contributed by atoms with Gasteiger partial charge in [-0.05, 0) is 66.9 Å². The molecule has 0 aliphatic carbocycles. The first-order valence-corrected chi connectivity index (χ1v) is 12.8. The molecule has 0 aliphatic heterocycles. The number of nitrogens with zero attached hydrogens (tertiary/aromatic N) is 2. The Morgan fingerprint density at radius 2 is 1.24 bits per heavy atom. The molecule has 5 aromatic rings. The molecule has 0 aliphatic rings. The van der Waals surface area contributed by atoms with Gasteiger partial charge in [0.1, 0.15) is 18.1 Å². The van der Waals surface area contributed by atoms with Gasteiger partial charge in [-0.15, -0.1) is 0 Å². The fraction of sp³-hybridized carbons (Fsp3) is 0.118. The van der Waals surface area contributed by atoms with Crippen LogP contribution in [0.15, 0.2) is 127 Å². The lowest BCUT2D eigenvalue weighted by Gasteiger charge is -2.18. The number of ether oxygens (including phenoxy) is 2. The van der Waals surface area contributed by atoms with Gasteiger partial charge in [-0.25, -0.2) is 0 Å². The van der Waals surface area contributed by atoms with Crippen LogP contribution in [-0.2, 0) is 4.74 Å². The third-order valence-electron chi connectivity index (χ3n) is 6.23. The summed E-state index contributed by atoms with van der Waals surface area (Å²) in [5.41, 5.74) is 8.26. The maximum absolute atomic E-state index is 6.22. The molecule has 0 fully saturated rings. The average molecular weight is 499 g/mol. The van der Waals surface area contributed by atoms with E-state index < -0.39 is 0 Å². The molecule has 0 saturated carbocycles. The number of pyridine rings is 2. The van der Waals surface area contributed by atoms with Crippen molar-refractivity contribution in [2.24, 2.45) is 0 Å². The van der Waals surface area contributed by atoms with Crippen LogP contribution in [0.5, 0.6) is 5.75 Å². The molecule has 0 bridgehead atoms. The molecule has 3 aromatic carbocycles. The van der Waals surface area contributed by atoms with E-state index in [0.29, 0.717) is 13.2 Å². The van der Waals surface area contributed by atoms with Gasteiger partial charge in [-0.2, -0.15) is 0 Å². The summed E-state index contributed by atoms with van der Waals surface area (Å²) in [6.45, 7) is 4.91. The summed E-state index contributed by atoms with van der Waals surface area (Å²) in [4.78, 5) is 8.98. The quantitative estimate of drug-likeness (QED) is 0.193. The van der Waals surface area contributed by atoms with Gasteiger partial charge in [0.05, 0.1) is 18.0 Å². The zero-order valence-corrected chi connectivity index (χ0v) is 21.7. The van der Waals surface area contributed by atoms with E-state index >= 15 is 0 Å². The summed E-state index contributed by atoms with van der Waals surface area (Å²) in [7, 11) is 0. The van der Waals surface area contributed by atoms with Crippen LogP contribution in [0.25, 0.3) is 28.1 Å². The molecule has 0 atom stereocenters. The van der Waals surface area contributed by atoms with Gasteiger partial charge >= 0.3 is 0 Å². The molecule has 0 saturated heterocycles. The molecule has 0 spiro atoms. The largest absolute Gasteiger partial charge is 0.494 e. The fourth-order valence-electron chi connectivity index (χ4n) is 4.39. The first-order valence-electron chi connectivity index (χ1n) is 12.8. The van der Waals surface area contributed by atoms with Crippen molar-refractivity contribution < 1.29 is 9.47 Å². The minimum absolute atomic E-state index is 0.316. The maximum Gasteiger partial charge on any atom is 0.146 e. The highest BCUT2D eigenvalue weighted by Crippen LogP contribution is 2.31. The molecular formula is C34H30N2O2. The second-order valence-electron chi connectivity index (χ2n) is 8.92. The molecule has 4 nitrogen and oxygen atoms in total. The monoisotopic (exact) mass is 498 g/mol. The number of aryl methyl sites for hydroxylation is 1. The zero-order chi connectivity index (χ0) is 26.2. The van der Waals surface area contributed by atoms with Crippen LogP contribution < -0.4 is 4.74 Å². The van der Waals surface area contributed by atoms with Crippen LogP contribution in [0, 0.1) is 6.92 Å². The molecule has 38 heavy (non-hydrogen) atoms. The van der Waals surface area contributed by atoms with E-state index in [1.165, 1.54) is 0 Å². The van der Waals surface area contributed by atoms with E-state index in [2.05, 4.69) is 71.5 Å². The molecule has 0 N–H and O–H groups in total. The SMILES string of the molecule is CCOC(COc1cccc(C)c1)=C(c1ccc(-c2ccccn2)cc1)c1ccc(-c2ccccn2)cc1. The molecule has 0 radical (unpaired) electrons. The van der Waals surface area contributed by atoms with Crippen LogP contribution >= 0.6 is 0 Å². The normalized spacial score (nSPS) is 10.6. The first kappa shape index (κ1) is 25.0. The minimum atomic E-state index is 0.316. The van der Waals surface area contributed by atoms with E-state index in [1.54, 1.807) is 0 Å². The number of rotatable bonds is 9. The van der Waals surface area contributed by atoms with Crippen molar-refractivity contribution in [3.8, 4) is 28.3 Å². The lowest BCUT2D eigenvalue weighted by molar-refractivity contribution is 0.182. The Balaban J connectivity index is 1.55. The van der Waals surface area contributed by atoms with E-state index in [-0.39, 0.29) is 0 Å². The fourth-order valence-corrected chi connectivity index (χ4v) is 4.39. The van der Waals surface area contributed by atoms with Crippen LogP contribution in [0.2, 0.25) is 0 Å². The second kappa shape index (κ2) is 12.0. The van der Waals surface area contributed by atoms with Gasteiger partial charge in [0.25, 0.3) is 0 Å². The molecule has 2 aromatic heterocycles. The summed E-state index contributed by atoms with van der Waals surface area (Å²) >= 11 is 0. The smallest absolute Gasteiger partial charge is 0.146 e. The van der Waals surface area contributed by atoms with Gasteiger partial charge in [0, 0.05) is 29.1 Å². The Morgan fingerprint density at radius 1 is 0.658 bits per heavy atom. The van der Waals surface area contributed by atoms with Gasteiger partial charge in [0.15, 0.2) is 0 Å². The average Bonchev–Trinajstić information content (AvgIpc) is 2.98. The number of benzene rings is 3. The summed E-state index contributed by atoms with van der Waals surface area (Å²) in [6, 6.07) is 36.9. The second-order valence-corrected chi connectivity index (χ2v) is 8.92. The molecular weight excluding hydrogens is 468 g/mol. The Morgan fingerprint density at radius 3 is 1.71 bits per heavy atom. The highest BCUT2D eigenvalue weighted by atomic mass is 16.5. The summed E-state index contributed by atoms with van der Waals surface area (Å²) in [5.74, 6) is 1.60. The Labute approximate surface area is 224 Å². The third kappa shape index (κ3) is 5.98. The molecule has 188 valence electrons. The topological polar surface area (TPSA) is 44.2 Å². The maximum atomic E-state index is 6.22. The lowest BCUT2D eigenvalue weighted by Crippen LogP contribution is -2.09. The lowest BCUT2D eigenvalue weighted by atomic mass is 9.94. The van der Waals surface area contributed by atoms with Gasteiger partial charge in [-0.3, -0.25) is 9.97 Å². The van der Waals surface area contributed by atoms with Crippen molar-refractivity contribution in [3.05, 3.63) is 144 Å². The number of hydrogen-bond acceptors (Lipinski definition) is 4. The zero-order valence-electron chi connectivity index (χ0n) is 21.7. The van der Waals surface area contributed by atoms with E-state index in [0.717, 1.165) is 56.3 Å². The van der Waals surface area contributed by atoms with E-state index in [4.69, 9.17) is 9.47 Å². The molecule has 2 heterocycles. The van der Waals surface area contributed by atoms with Crippen molar-refractivity contribution >= 4 is 5.57 Å². The molecule has 0 amide bonds. The van der Waals surface area contributed by atoms with Crippen molar-refractivity contribution in [1.29, 1.82) is 0 Å². The number of hydrogen-bond donors (Lipinski definition) is 0. The van der Waals surface area contributed by atoms with Gasteiger partial charge in [0.2, 0.25) is 0 Å². The first-order chi connectivity index (χ1) is 18.7. The van der Waals surface area contributed by atoms with E-state index in [9.17, 15) is 0 Å². The summed E-state index contributed by atoms with van der Waals surface area (Å²) in [6.07, 6.45) is 3.63. The van der Waals surface area contributed by atoms with Crippen molar-refractivity contribution in [3.63, 3.8) is 0 Å². The number of aromatic nitrogens is 2. The predicted molar refractivity (Wildman–Crippen MR) is 154 cm³/mol. The summed E-state index contributed by atoms with van der Waals surface area (Å²) in [5, 5.41) is 0. The molecule has 5 rings (SSSR count). The van der Waals surface area contributed by atoms with Crippen molar-refractivity contribution in [1.82, 2.24) is 9.97 Å². The van der Waals surface area contributed by atoms with E-state index in [1.807, 2.05) is 73.9 Å². The standard InChI is InChI=1S/C34H30N2O2/c1-3-37-33(24-38-30-10-8-9-25(2)23-30)34(28-17-13-26(14-18-28)31-11-4-6-21-35-31)29-19-15-27(16-20-29)32-12-5-7-22-36-32/h4-23H,3,24H2,1-2H3. The summed E-state index contributed by atoms with van der Waals surface area (Å²) < 4.78 is 12.4.